The Balaban J connectivity index is 1.93. The van der Waals surface area contributed by atoms with E-state index in [4.69, 9.17) is 0 Å². The van der Waals surface area contributed by atoms with E-state index >= 15 is 0 Å². The largest absolute Gasteiger partial charge is 0.378 e. The Kier molecular flexibility index (Phi) is 6.56. The fraction of sp³-hybridized carbons (Fsp3) is 0.625. The van der Waals surface area contributed by atoms with Crippen LogP contribution < -0.4 is 10.6 Å². The average molecular weight is 355 g/mol. The number of nitro groups is 1. The Morgan fingerprint density at radius 1 is 1.17 bits per heavy atom. The normalized spacial score (nSPS) is 16.5. The lowest BCUT2D eigenvalue weighted by atomic mass is 10.1. The van der Waals surface area contributed by atoms with Crippen molar-refractivity contribution in [1.82, 2.24) is 5.32 Å². The van der Waals surface area contributed by atoms with Crippen LogP contribution in [-0.2, 0) is 9.84 Å². The molecule has 0 unspecified atom stereocenters. The number of anilines is 1. The van der Waals surface area contributed by atoms with E-state index in [1.807, 2.05) is 0 Å². The lowest BCUT2D eigenvalue weighted by Gasteiger charge is -2.16. The van der Waals surface area contributed by atoms with Gasteiger partial charge in [0.2, 0.25) is 0 Å². The number of nitrogens with zero attached hydrogens (tertiary/aromatic N) is 1. The van der Waals surface area contributed by atoms with Crippen LogP contribution in [-0.4, -0.2) is 38.7 Å². The zero-order chi connectivity index (χ0) is 17.6. The van der Waals surface area contributed by atoms with Crippen LogP contribution >= 0.6 is 0 Å². The van der Waals surface area contributed by atoms with Gasteiger partial charge in [-0.15, -0.1) is 0 Å². The summed E-state index contributed by atoms with van der Waals surface area (Å²) in [4.78, 5) is 10.6. The Morgan fingerprint density at radius 2 is 1.83 bits per heavy atom. The van der Waals surface area contributed by atoms with Gasteiger partial charge in [0.05, 0.1) is 9.82 Å². The predicted octanol–water partition coefficient (Wildman–Crippen LogP) is 2.72. The number of nitro benzene ring substituents is 1. The van der Waals surface area contributed by atoms with Gasteiger partial charge in [0.25, 0.3) is 5.69 Å². The lowest BCUT2D eigenvalue weighted by Crippen LogP contribution is -2.32. The van der Waals surface area contributed by atoms with Crippen LogP contribution in [0.2, 0.25) is 0 Å². The van der Waals surface area contributed by atoms with Crippen LogP contribution in [0.1, 0.15) is 38.5 Å². The molecule has 0 aromatic heterocycles. The molecule has 1 fully saturated rings. The number of hydrogen-bond donors (Lipinski definition) is 2. The van der Waals surface area contributed by atoms with E-state index in [0.29, 0.717) is 18.3 Å². The van der Waals surface area contributed by atoms with Gasteiger partial charge in [0, 0.05) is 31.5 Å². The smallest absolute Gasteiger partial charge is 0.293 e. The summed E-state index contributed by atoms with van der Waals surface area (Å²) in [5.41, 5.74) is 0.127. The molecule has 1 aliphatic rings. The molecule has 0 amide bonds. The summed E-state index contributed by atoms with van der Waals surface area (Å²) >= 11 is 0. The van der Waals surface area contributed by atoms with Crippen LogP contribution in [0.4, 0.5) is 11.4 Å². The fourth-order valence-corrected chi connectivity index (χ4v) is 3.64. The lowest BCUT2D eigenvalue weighted by molar-refractivity contribution is -0.384. The number of sulfone groups is 1. The van der Waals surface area contributed by atoms with E-state index < -0.39 is 14.8 Å². The molecule has 0 atom stereocenters. The van der Waals surface area contributed by atoms with Crippen LogP contribution in [0.5, 0.6) is 0 Å². The van der Waals surface area contributed by atoms with E-state index in [0.717, 1.165) is 18.9 Å². The van der Waals surface area contributed by atoms with E-state index in [-0.39, 0.29) is 10.6 Å². The zero-order valence-corrected chi connectivity index (χ0v) is 14.8. The molecule has 0 spiro atoms. The first-order valence-corrected chi connectivity index (χ1v) is 10.2. The molecule has 7 nitrogen and oxygen atoms in total. The van der Waals surface area contributed by atoms with Crippen molar-refractivity contribution >= 4 is 21.2 Å². The number of nitrogens with one attached hydrogen (secondary N) is 2. The van der Waals surface area contributed by atoms with Crippen molar-refractivity contribution in [1.29, 1.82) is 0 Å². The molecule has 1 saturated carbocycles. The van der Waals surface area contributed by atoms with Crippen molar-refractivity contribution in [3.05, 3.63) is 28.3 Å². The second kappa shape index (κ2) is 8.43. The Morgan fingerprint density at radius 3 is 2.42 bits per heavy atom. The van der Waals surface area contributed by atoms with E-state index in [1.165, 1.54) is 50.7 Å². The monoisotopic (exact) mass is 355 g/mol. The third-order valence-corrected chi connectivity index (χ3v) is 5.43. The maximum absolute atomic E-state index is 11.5. The average Bonchev–Trinajstić information content (AvgIpc) is 2.79. The highest BCUT2D eigenvalue weighted by Gasteiger charge is 2.18. The number of hydrogen-bond acceptors (Lipinski definition) is 6. The fourth-order valence-electron chi connectivity index (χ4n) is 3.00. The molecule has 0 saturated heterocycles. The first-order chi connectivity index (χ1) is 11.4. The van der Waals surface area contributed by atoms with Gasteiger partial charge in [0.15, 0.2) is 9.84 Å². The number of benzene rings is 1. The van der Waals surface area contributed by atoms with Crippen LogP contribution in [0.3, 0.4) is 0 Å². The Bertz CT molecular complexity index is 668. The minimum atomic E-state index is -3.46. The zero-order valence-electron chi connectivity index (χ0n) is 14.0. The van der Waals surface area contributed by atoms with Gasteiger partial charge in [-0.3, -0.25) is 10.1 Å². The molecule has 1 aliphatic carbocycles. The van der Waals surface area contributed by atoms with E-state index in [9.17, 15) is 18.5 Å². The minimum Gasteiger partial charge on any atom is -0.378 e. The first kappa shape index (κ1) is 18.7. The van der Waals surface area contributed by atoms with Gasteiger partial charge in [-0.05, 0) is 25.0 Å². The standard InChI is InChI=1S/C16H25N3O4S/c1-24(22,23)14-8-9-15(16(12-14)19(20)21)18-11-10-17-13-6-4-2-3-5-7-13/h8-9,12-13,17-18H,2-7,10-11H2,1H3. The molecule has 134 valence electrons. The summed E-state index contributed by atoms with van der Waals surface area (Å²) in [7, 11) is -3.46. The highest BCUT2D eigenvalue weighted by atomic mass is 32.2. The highest BCUT2D eigenvalue weighted by Crippen LogP contribution is 2.27. The Hall–Kier alpha value is -1.67. The van der Waals surface area contributed by atoms with Crippen LogP contribution in [0.15, 0.2) is 23.1 Å². The van der Waals surface area contributed by atoms with Crippen molar-refractivity contribution in [2.75, 3.05) is 24.7 Å². The first-order valence-electron chi connectivity index (χ1n) is 8.33. The van der Waals surface area contributed by atoms with Gasteiger partial charge >= 0.3 is 0 Å². The molecule has 8 heteroatoms. The second-order valence-corrected chi connectivity index (χ2v) is 8.29. The summed E-state index contributed by atoms with van der Waals surface area (Å²) in [5, 5.41) is 17.7. The number of rotatable bonds is 7. The molecule has 1 aromatic carbocycles. The molecule has 1 aromatic rings. The van der Waals surface area contributed by atoms with Crippen molar-refractivity contribution in [3.8, 4) is 0 Å². The molecule has 2 rings (SSSR count). The van der Waals surface area contributed by atoms with E-state index in [2.05, 4.69) is 10.6 Å². The van der Waals surface area contributed by atoms with Crippen molar-refractivity contribution in [3.63, 3.8) is 0 Å². The molecule has 0 bridgehead atoms. The van der Waals surface area contributed by atoms with Gasteiger partial charge in [-0.1, -0.05) is 25.7 Å². The summed E-state index contributed by atoms with van der Waals surface area (Å²) in [6.45, 7) is 1.27. The topological polar surface area (TPSA) is 101 Å². The molecular formula is C16H25N3O4S. The second-order valence-electron chi connectivity index (χ2n) is 6.28. The maximum atomic E-state index is 11.5. The quantitative estimate of drug-likeness (QED) is 0.337. The van der Waals surface area contributed by atoms with Crippen LogP contribution in [0.25, 0.3) is 0 Å². The van der Waals surface area contributed by atoms with Crippen molar-refractivity contribution in [2.24, 2.45) is 0 Å². The molecule has 0 radical (unpaired) electrons. The molecule has 2 N–H and O–H groups in total. The maximum Gasteiger partial charge on any atom is 0.293 e. The van der Waals surface area contributed by atoms with Gasteiger partial charge in [0.1, 0.15) is 5.69 Å². The molecule has 0 aliphatic heterocycles. The van der Waals surface area contributed by atoms with Gasteiger partial charge in [-0.2, -0.15) is 0 Å². The van der Waals surface area contributed by atoms with Crippen LogP contribution in [0, 0.1) is 10.1 Å². The third kappa shape index (κ3) is 5.45. The summed E-state index contributed by atoms with van der Waals surface area (Å²) in [5.74, 6) is 0. The SMILES string of the molecule is CS(=O)(=O)c1ccc(NCCNC2CCCCCC2)c([N+](=O)[O-])c1. The van der Waals surface area contributed by atoms with Gasteiger partial charge < -0.3 is 10.6 Å². The molecular weight excluding hydrogens is 330 g/mol. The summed E-state index contributed by atoms with van der Waals surface area (Å²) in [6.07, 6.45) is 8.51. The van der Waals surface area contributed by atoms with Gasteiger partial charge in [-0.25, -0.2) is 8.42 Å². The van der Waals surface area contributed by atoms with E-state index in [1.54, 1.807) is 0 Å². The minimum absolute atomic E-state index is 0.0451. The Labute approximate surface area is 142 Å². The molecule has 0 heterocycles. The summed E-state index contributed by atoms with van der Waals surface area (Å²) in [6, 6.07) is 4.48. The highest BCUT2D eigenvalue weighted by molar-refractivity contribution is 7.90. The van der Waals surface area contributed by atoms with Crippen molar-refractivity contribution < 1.29 is 13.3 Å². The predicted molar refractivity (Wildman–Crippen MR) is 94.2 cm³/mol. The third-order valence-electron chi connectivity index (χ3n) is 4.32. The molecule has 24 heavy (non-hydrogen) atoms. The summed E-state index contributed by atoms with van der Waals surface area (Å²) < 4.78 is 23.1. The van der Waals surface area contributed by atoms with Crippen molar-refractivity contribution in [2.45, 2.75) is 49.5 Å².